The number of nitrogens with zero attached hydrogens (tertiary/aromatic N) is 2. The van der Waals surface area contributed by atoms with E-state index in [4.69, 9.17) is 0 Å². The number of aromatic nitrogens is 2. The van der Waals surface area contributed by atoms with Crippen LogP contribution in [0.25, 0.3) is 0 Å². The van der Waals surface area contributed by atoms with Gasteiger partial charge in [0.15, 0.2) is 0 Å². The quantitative estimate of drug-likeness (QED) is 0.908. The number of rotatable bonds is 3. The van der Waals surface area contributed by atoms with E-state index in [2.05, 4.69) is 15.5 Å². The Bertz CT molecular complexity index is 523. The lowest BCUT2D eigenvalue weighted by Gasteiger charge is -2.01. The van der Waals surface area contributed by atoms with Crippen molar-refractivity contribution in [2.24, 2.45) is 0 Å². The Morgan fingerprint density at radius 1 is 1.29 bits per heavy atom. The summed E-state index contributed by atoms with van der Waals surface area (Å²) in [5.41, 5.74) is 1.19. The second kappa shape index (κ2) is 4.07. The van der Waals surface area contributed by atoms with Crippen LogP contribution in [-0.2, 0) is 0 Å². The van der Waals surface area contributed by atoms with Crippen molar-refractivity contribution in [1.82, 2.24) is 10.2 Å². The second-order valence-corrected chi connectivity index (χ2v) is 5.45. The molecule has 0 spiro atoms. The predicted octanol–water partition coefficient (Wildman–Crippen LogP) is 2.95. The Labute approximate surface area is 103 Å². The number of nitrogens with one attached hydrogen (secondary N) is 1. The van der Waals surface area contributed by atoms with Crippen molar-refractivity contribution in [1.29, 1.82) is 0 Å². The molecule has 0 amide bonds. The van der Waals surface area contributed by atoms with E-state index in [1.807, 2.05) is 19.1 Å². The van der Waals surface area contributed by atoms with Crippen LogP contribution in [0.15, 0.2) is 24.3 Å². The normalized spacial score (nSPS) is 22.5. The molecule has 2 aromatic rings. The first-order valence-electron chi connectivity index (χ1n) is 5.54. The van der Waals surface area contributed by atoms with Crippen LogP contribution in [0.3, 0.4) is 0 Å². The van der Waals surface area contributed by atoms with E-state index in [0.717, 1.165) is 16.6 Å². The molecule has 0 unspecified atom stereocenters. The second-order valence-electron chi connectivity index (χ2n) is 4.27. The fourth-order valence-electron chi connectivity index (χ4n) is 1.95. The molecule has 0 saturated heterocycles. The van der Waals surface area contributed by atoms with Crippen molar-refractivity contribution in [3.8, 4) is 0 Å². The molecule has 1 aliphatic rings. The van der Waals surface area contributed by atoms with Gasteiger partial charge in [-0.15, -0.1) is 10.2 Å². The van der Waals surface area contributed by atoms with Crippen LogP contribution in [0.2, 0.25) is 0 Å². The molecule has 0 radical (unpaired) electrons. The van der Waals surface area contributed by atoms with E-state index >= 15 is 0 Å². The van der Waals surface area contributed by atoms with Crippen LogP contribution in [0, 0.1) is 12.7 Å². The van der Waals surface area contributed by atoms with Gasteiger partial charge in [0.05, 0.1) is 0 Å². The van der Waals surface area contributed by atoms with E-state index in [1.54, 1.807) is 11.3 Å². The van der Waals surface area contributed by atoms with Crippen molar-refractivity contribution >= 4 is 16.5 Å². The molecular formula is C12H12FN3S. The van der Waals surface area contributed by atoms with Gasteiger partial charge in [-0.1, -0.05) is 23.5 Å². The largest absolute Gasteiger partial charge is 0.357 e. The molecule has 1 saturated carbocycles. The smallest absolute Gasteiger partial charge is 0.205 e. The van der Waals surface area contributed by atoms with Crippen molar-refractivity contribution in [3.63, 3.8) is 0 Å². The first kappa shape index (κ1) is 10.7. The number of aryl methyl sites for hydroxylation is 1. The van der Waals surface area contributed by atoms with Gasteiger partial charge < -0.3 is 5.32 Å². The first-order valence-corrected chi connectivity index (χ1v) is 6.36. The summed E-state index contributed by atoms with van der Waals surface area (Å²) in [4.78, 5) is 0. The van der Waals surface area contributed by atoms with Crippen LogP contribution < -0.4 is 5.32 Å². The molecule has 1 N–H and O–H groups in total. The van der Waals surface area contributed by atoms with E-state index < -0.39 is 0 Å². The third-order valence-electron chi connectivity index (χ3n) is 2.92. The maximum atomic E-state index is 12.8. The summed E-state index contributed by atoms with van der Waals surface area (Å²) in [5, 5.41) is 13.2. The molecule has 17 heavy (non-hydrogen) atoms. The van der Waals surface area contributed by atoms with Crippen molar-refractivity contribution in [2.45, 2.75) is 25.3 Å². The summed E-state index contributed by atoms with van der Waals surface area (Å²) >= 11 is 1.56. The molecule has 2 atom stereocenters. The minimum Gasteiger partial charge on any atom is -0.357 e. The van der Waals surface area contributed by atoms with E-state index in [1.165, 1.54) is 17.7 Å². The first-order chi connectivity index (χ1) is 8.22. The van der Waals surface area contributed by atoms with Gasteiger partial charge in [-0.05, 0) is 31.0 Å². The van der Waals surface area contributed by atoms with Gasteiger partial charge in [-0.25, -0.2) is 4.39 Å². The molecule has 1 heterocycles. The van der Waals surface area contributed by atoms with Crippen molar-refractivity contribution < 1.29 is 4.39 Å². The Morgan fingerprint density at radius 3 is 2.71 bits per heavy atom. The average molecular weight is 249 g/mol. The highest BCUT2D eigenvalue weighted by molar-refractivity contribution is 7.15. The lowest BCUT2D eigenvalue weighted by Crippen LogP contribution is -2.03. The Hall–Kier alpha value is -1.49. The molecule has 1 aromatic heterocycles. The van der Waals surface area contributed by atoms with Crippen LogP contribution in [0.4, 0.5) is 9.52 Å². The van der Waals surface area contributed by atoms with Crippen LogP contribution in [0.1, 0.15) is 22.9 Å². The van der Waals surface area contributed by atoms with Gasteiger partial charge >= 0.3 is 0 Å². The van der Waals surface area contributed by atoms with E-state index in [9.17, 15) is 4.39 Å². The monoisotopic (exact) mass is 249 g/mol. The molecule has 5 heteroatoms. The molecule has 1 fully saturated rings. The Morgan fingerprint density at radius 2 is 2.06 bits per heavy atom. The number of hydrogen-bond acceptors (Lipinski definition) is 4. The summed E-state index contributed by atoms with van der Waals surface area (Å²) in [5.74, 6) is 0.290. The lowest BCUT2D eigenvalue weighted by atomic mass is 10.1. The minimum absolute atomic E-state index is 0.182. The summed E-state index contributed by atoms with van der Waals surface area (Å²) in [6, 6.07) is 7.15. The molecule has 0 aliphatic heterocycles. The fraction of sp³-hybridized carbons (Fsp3) is 0.333. The van der Waals surface area contributed by atoms with Crippen LogP contribution in [0.5, 0.6) is 0 Å². The third-order valence-corrected chi connectivity index (χ3v) is 3.69. The summed E-state index contributed by atoms with van der Waals surface area (Å²) in [6.07, 6.45) is 1.07. The molecule has 1 aliphatic carbocycles. The zero-order chi connectivity index (χ0) is 11.8. The summed E-state index contributed by atoms with van der Waals surface area (Å²) in [6.45, 7) is 1.94. The number of hydrogen-bond donors (Lipinski definition) is 1. The fourth-order valence-corrected chi connectivity index (χ4v) is 2.60. The van der Waals surface area contributed by atoms with Crippen molar-refractivity contribution in [3.05, 3.63) is 40.7 Å². The molecular weight excluding hydrogens is 237 g/mol. The van der Waals surface area contributed by atoms with Crippen LogP contribution >= 0.6 is 11.3 Å². The van der Waals surface area contributed by atoms with Gasteiger partial charge in [-0.3, -0.25) is 0 Å². The molecule has 88 valence electrons. The maximum Gasteiger partial charge on any atom is 0.205 e. The molecule has 3 nitrogen and oxygen atoms in total. The van der Waals surface area contributed by atoms with Gasteiger partial charge in [0, 0.05) is 12.0 Å². The third kappa shape index (κ3) is 2.29. The SMILES string of the molecule is Cc1nnc(N[C@@H]2C[C@H]2c2ccc(F)cc2)s1. The number of halogens is 1. The average Bonchev–Trinajstić information content (AvgIpc) is 2.94. The summed E-state index contributed by atoms with van der Waals surface area (Å²) < 4.78 is 12.8. The zero-order valence-corrected chi connectivity index (χ0v) is 10.2. The highest BCUT2D eigenvalue weighted by Gasteiger charge is 2.38. The van der Waals surface area contributed by atoms with Gasteiger partial charge in [0.1, 0.15) is 10.8 Å². The topological polar surface area (TPSA) is 37.8 Å². The standard InChI is InChI=1S/C12H12FN3S/c1-7-15-16-12(17-7)14-11-6-10(11)8-2-4-9(13)5-3-8/h2-5,10-11H,6H2,1H3,(H,14,16)/t10-,11+/m0/s1. The molecule has 0 bridgehead atoms. The van der Waals surface area contributed by atoms with Crippen molar-refractivity contribution in [2.75, 3.05) is 5.32 Å². The maximum absolute atomic E-state index is 12.8. The van der Waals surface area contributed by atoms with Gasteiger partial charge in [0.25, 0.3) is 0 Å². The Kier molecular flexibility index (Phi) is 2.55. The van der Waals surface area contributed by atoms with E-state index in [0.29, 0.717) is 12.0 Å². The zero-order valence-electron chi connectivity index (χ0n) is 9.35. The number of anilines is 1. The molecule has 3 rings (SSSR count). The number of benzene rings is 1. The van der Waals surface area contributed by atoms with E-state index in [-0.39, 0.29) is 5.82 Å². The Balaban J connectivity index is 1.64. The van der Waals surface area contributed by atoms with Gasteiger partial charge in [0.2, 0.25) is 5.13 Å². The molecule has 1 aromatic carbocycles. The lowest BCUT2D eigenvalue weighted by molar-refractivity contribution is 0.627. The summed E-state index contributed by atoms with van der Waals surface area (Å²) in [7, 11) is 0. The highest BCUT2D eigenvalue weighted by Crippen LogP contribution is 2.43. The predicted molar refractivity (Wildman–Crippen MR) is 65.8 cm³/mol. The highest BCUT2D eigenvalue weighted by atomic mass is 32.1. The van der Waals surface area contributed by atoms with Gasteiger partial charge in [-0.2, -0.15) is 0 Å². The minimum atomic E-state index is -0.182. The van der Waals surface area contributed by atoms with Crippen LogP contribution in [-0.4, -0.2) is 16.2 Å².